The third-order valence-electron chi connectivity index (χ3n) is 7.31. The number of rotatable bonds is 18. The van der Waals surface area contributed by atoms with Gasteiger partial charge in [0.1, 0.15) is 11.5 Å². The van der Waals surface area contributed by atoms with Crippen molar-refractivity contribution >= 4 is 0 Å². The summed E-state index contributed by atoms with van der Waals surface area (Å²) in [5.74, 6) is 0.692. The van der Waals surface area contributed by atoms with Gasteiger partial charge in [0.2, 0.25) is 0 Å². The quantitative estimate of drug-likeness (QED) is 0.215. The molecule has 0 spiro atoms. The van der Waals surface area contributed by atoms with E-state index in [0.717, 1.165) is 36.8 Å². The maximum Gasteiger partial charge on any atom is 0.119 e. The van der Waals surface area contributed by atoms with Gasteiger partial charge >= 0.3 is 0 Å². The molecular weight excluding hydrogens is 416 g/mol. The molecule has 0 saturated carbocycles. The van der Waals surface area contributed by atoms with E-state index in [0.29, 0.717) is 11.5 Å². The second-order valence-corrected chi connectivity index (χ2v) is 10.2. The molecule has 0 saturated heterocycles. The smallest absolute Gasteiger partial charge is 0.119 e. The molecule has 2 aromatic carbocycles. The average Bonchev–Trinajstić information content (AvgIpc) is 2.82. The Hall–Kier alpha value is -1.96. The summed E-state index contributed by atoms with van der Waals surface area (Å²) in [6.45, 7) is 6.66. The molecule has 0 aliphatic rings. The van der Waals surface area contributed by atoms with Crippen LogP contribution >= 0.6 is 0 Å². The maximum atomic E-state index is 10.8. The zero-order chi connectivity index (χ0) is 24.6. The highest BCUT2D eigenvalue weighted by Crippen LogP contribution is 2.40. The normalized spacial score (nSPS) is 11.4. The Labute approximate surface area is 209 Å². The van der Waals surface area contributed by atoms with Gasteiger partial charge in [-0.1, -0.05) is 122 Å². The fourth-order valence-electron chi connectivity index (χ4n) is 5.32. The summed E-state index contributed by atoms with van der Waals surface area (Å²) < 4.78 is 0. The zero-order valence-electron chi connectivity index (χ0n) is 22.2. The minimum Gasteiger partial charge on any atom is -0.508 e. The number of aryl methyl sites for hydroxylation is 2. The number of unbranched alkanes of at least 4 members (excludes halogenated alkanes) is 12. The molecule has 2 N–H and O–H groups in total. The van der Waals surface area contributed by atoms with E-state index in [1.807, 2.05) is 12.1 Å². The van der Waals surface area contributed by atoms with Gasteiger partial charge in [0.25, 0.3) is 0 Å². The third kappa shape index (κ3) is 9.35. The summed E-state index contributed by atoms with van der Waals surface area (Å²) in [4.78, 5) is 0. The Bertz CT molecular complexity index is 743. The van der Waals surface area contributed by atoms with Gasteiger partial charge in [0.15, 0.2) is 0 Å². The molecule has 0 amide bonds. The zero-order valence-corrected chi connectivity index (χ0v) is 22.2. The van der Waals surface area contributed by atoms with Gasteiger partial charge in [-0.3, -0.25) is 0 Å². The van der Waals surface area contributed by atoms with E-state index >= 15 is 0 Å². The molecule has 0 heterocycles. The molecule has 0 radical (unpaired) electrons. The molecule has 190 valence electrons. The van der Waals surface area contributed by atoms with Crippen molar-refractivity contribution in [2.75, 3.05) is 0 Å². The van der Waals surface area contributed by atoms with E-state index in [9.17, 15) is 10.2 Å². The van der Waals surface area contributed by atoms with Gasteiger partial charge in [0, 0.05) is 17.0 Å². The minimum atomic E-state index is -0.0264. The molecule has 0 aliphatic carbocycles. The van der Waals surface area contributed by atoms with E-state index in [1.54, 1.807) is 12.1 Å². The molecule has 34 heavy (non-hydrogen) atoms. The minimum absolute atomic E-state index is 0.0264. The number of phenolic OH excluding ortho intramolecular Hbond substituents is 2. The molecule has 2 aromatic rings. The predicted molar refractivity (Wildman–Crippen MR) is 147 cm³/mol. The fourth-order valence-corrected chi connectivity index (χ4v) is 5.32. The lowest BCUT2D eigenvalue weighted by Crippen LogP contribution is -2.06. The number of hydrogen-bond donors (Lipinski definition) is 2. The second-order valence-electron chi connectivity index (χ2n) is 10.2. The summed E-state index contributed by atoms with van der Waals surface area (Å²) in [5, 5.41) is 21.7. The van der Waals surface area contributed by atoms with Gasteiger partial charge in [-0.25, -0.2) is 0 Å². The van der Waals surface area contributed by atoms with E-state index in [-0.39, 0.29) is 5.92 Å². The van der Waals surface area contributed by atoms with Crippen molar-refractivity contribution in [2.45, 2.75) is 129 Å². The topological polar surface area (TPSA) is 40.5 Å². The van der Waals surface area contributed by atoms with Crippen LogP contribution in [0, 0.1) is 0 Å². The van der Waals surface area contributed by atoms with Crippen molar-refractivity contribution in [3.63, 3.8) is 0 Å². The summed E-state index contributed by atoms with van der Waals surface area (Å²) >= 11 is 0. The highest BCUT2D eigenvalue weighted by atomic mass is 16.3. The van der Waals surface area contributed by atoms with E-state index < -0.39 is 0 Å². The van der Waals surface area contributed by atoms with Crippen LogP contribution in [0.25, 0.3) is 0 Å². The Balaban J connectivity index is 2.04. The molecule has 0 aromatic heterocycles. The molecule has 0 aliphatic heterocycles. The summed E-state index contributed by atoms with van der Waals surface area (Å²) in [6, 6.07) is 11.9. The third-order valence-corrected chi connectivity index (χ3v) is 7.31. The Morgan fingerprint density at radius 1 is 0.529 bits per heavy atom. The lowest BCUT2D eigenvalue weighted by Gasteiger charge is -2.22. The first-order valence-corrected chi connectivity index (χ1v) is 14.2. The van der Waals surface area contributed by atoms with Crippen LogP contribution in [0.15, 0.2) is 36.4 Å². The van der Waals surface area contributed by atoms with Crippen molar-refractivity contribution in [1.29, 1.82) is 0 Å². The van der Waals surface area contributed by atoms with Crippen molar-refractivity contribution in [1.82, 2.24) is 0 Å². The van der Waals surface area contributed by atoms with E-state index in [4.69, 9.17) is 0 Å². The average molecular weight is 467 g/mol. The largest absolute Gasteiger partial charge is 0.508 e. The van der Waals surface area contributed by atoms with Crippen LogP contribution in [-0.2, 0) is 12.8 Å². The van der Waals surface area contributed by atoms with Crippen LogP contribution < -0.4 is 0 Å². The first kappa shape index (κ1) is 28.3. The monoisotopic (exact) mass is 466 g/mol. The summed E-state index contributed by atoms with van der Waals surface area (Å²) in [7, 11) is 0. The fraction of sp³-hybridized carbons (Fsp3) is 0.625. The second kappa shape index (κ2) is 16.6. The molecule has 2 nitrogen and oxygen atoms in total. The molecule has 2 heteroatoms. The molecule has 0 fully saturated rings. The van der Waals surface area contributed by atoms with Crippen molar-refractivity contribution in [2.24, 2.45) is 0 Å². The lowest BCUT2D eigenvalue weighted by atomic mass is 9.83. The van der Waals surface area contributed by atoms with Crippen LogP contribution in [0.3, 0.4) is 0 Å². The number of benzene rings is 2. The van der Waals surface area contributed by atoms with Crippen LogP contribution in [0.2, 0.25) is 0 Å². The highest BCUT2D eigenvalue weighted by molar-refractivity contribution is 5.52. The van der Waals surface area contributed by atoms with Gasteiger partial charge < -0.3 is 10.2 Å². The van der Waals surface area contributed by atoms with Crippen molar-refractivity contribution in [3.8, 4) is 11.5 Å². The van der Waals surface area contributed by atoms with Gasteiger partial charge in [-0.05, 0) is 48.9 Å². The standard InChI is InChI=1S/C32H50O2/c1-4-6-8-10-12-14-16-20-27-22-18-24-29(33)31(27)26(3)32-28(23-19-25-30(32)34)21-17-15-13-11-9-7-5-2/h18-19,22-26,33-34H,4-17,20-21H2,1-3H3. The molecule has 2 rings (SSSR count). The summed E-state index contributed by atoms with van der Waals surface area (Å²) in [6.07, 6.45) is 20.0. The lowest BCUT2D eigenvalue weighted by molar-refractivity contribution is 0.454. The van der Waals surface area contributed by atoms with Crippen LogP contribution in [-0.4, -0.2) is 10.2 Å². The molecule has 0 atom stereocenters. The number of phenols is 2. The molecular formula is C32H50O2. The van der Waals surface area contributed by atoms with Crippen LogP contribution in [0.4, 0.5) is 0 Å². The van der Waals surface area contributed by atoms with Crippen LogP contribution in [0.5, 0.6) is 11.5 Å². The summed E-state index contributed by atoms with van der Waals surface area (Å²) in [5.41, 5.74) is 4.45. The van der Waals surface area contributed by atoms with Crippen LogP contribution in [0.1, 0.15) is 139 Å². The Kier molecular flexibility index (Phi) is 13.8. The Morgan fingerprint density at radius 3 is 1.26 bits per heavy atom. The van der Waals surface area contributed by atoms with Gasteiger partial charge in [0.05, 0.1) is 0 Å². The highest BCUT2D eigenvalue weighted by Gasteiger charge is 2.22. The van der Waals surface area contributed by atoms with Crippen molar-refractivity contribution in [3.05, 3.63) is 58.7 Å². The van der Waals surface area contributed by atoms with Gasteiger partial charge in [-0.15, -0.1) is 0 Å². The number of hydrogen-bond acceptors (Lipinski definition) is 2. The first-order chi connectivity index (χ1) is 16.6. The van der Waals surface area contributed by atoms with Gasteiger partial charge in [-0.2, -0.15) is 0 Å². The van der Waals surface area contributed by atoms with E-state index in [1.165, 1.54) is 88.2 Å². The SMILES string of the molecule is CCCCCCCCCc1cccc(O)c1C(C)c1c(O)cccc1CCCCCCCCC. The maximum absolute atomic E-state index is 10.8. The molecule has 0 bridgehead atoms. The number of aromatic hydroxyl groups is 2. The first-order valence-electron chi connectivity index (χ1n) is 14.2. The molecule has 0 unspecified atom stereocenters. The predicted octanol–water partition coefficient (Wildman–Crippen LogP) is 9.84. The van der Waals surface area contributed by atoms with Crippen molar-refractivity contribution < 1.29 is 10.2 Å². The Morgan fingerprint density at radius 2 is 0.882 bits per heavy atom. The van der Waals surface area contributed by atoms with E-state index in [2.05, 4.69) is 32.9 Å².